The molecule has 1 rings (SSSR count). The minimum atomic E-state index is -0.967. The van der Waals surface area contributed by atoms with Gasteiger partial charge in [-0.05, 0) is 19.9 Å². The average Bonchev–Trinajstić information content (AvgIpc) is 2.21. The first kappa shape index (κ1) is 11.3. The zero-order valence-corrected chi connectivity index (χ0v) is 8.81. The van der Waals surface area contributed by atoms with Gasteiger partial charge in [0.1, 0.15) is 5.75 Å². The summed E-state index contributed by atoms with van der Waals surface area (Å²) in [6, 6.07) is 7.34. The van der Waals surface area contributed by atoms with Gasteiger partial charge in [0.2, 0.25) is 0 Å². The lowest BCUT2D eigenvalue weighted by atomic mass is 10.2. The minimum absolute atomic E-state index is 0.588. The Kier molecular flexibility index (Phi) is 3.92. The van der Waals surface area contributed by atoms with E-state index < -0.39 is 12.1 Å². The second-order valence-corrected chi connectivity index (χ2v) is 3.14. The van der Waals surface area contributed by atoms with Crippen molar-refractivity contribution in [1.29, 1.82) is 0 Å². The molecule has 1 aromatic carbocycles. The number of aliphatic carboxylic acids is 1. The Hall–Kier alpha value is -1.77. The highest BCUT2D eigenvalue weighted by Crippen LogP contribution is 2.20. The fourth-order valence-electron chi connectivity index (χ4n) is 1.15. The van der Waals surface area contributed by atoms with E-state index in [2.05, 4.69) is 0 Å². The lowest BCUT2D eigenvalue weighted by molar-refractivity contribution is -0.144. The Morgan fingerprint density at radius 1 is 1.47 bits per heavy atom. The maximum absolute atomic E-state index is 10.6. The van der Waals surface area contributed by atoms with Gasteiger partial charge in [-0.3, -0.25) is 0 Å². The van der Waals surface area contributed by atoms with Crippen LogP contribution in [0.2, 0.25) is 0 Å². The Morgan fingerprint density at radius 2 is 2.13 bits per heavy atom. The molecule has 0 aromatic heterocycles. The summed E-state index contributed by atoms with van der Waals surface area (Å²) in [5, 5.41) is 8.72. The Morgan fingerprint density at radius 3 is 2.73 bits per heavy atom. The number of carbonyl (C=O) groups is 1. The molecule has 0 heterocycles. The van der Waals surface area contributed by atoms with Crippen LogP contribution in [0.3, 0.4) is 0 Å². The zero-order valence-electron chi connectivity index (χ0n) is 8.81. The van der Waals surface area contributed by atoms with Crippen LogP contribution in [0.5, 0.6) is 5.75 Å². The maximum Gasteiger partial charge on any atom is 0.344 e. The number of hydrogen-bond acceptors (Lipinski definition) is 2. The summed E-state index contributed by atoms with van der Waals surface area (Å²) in [6.07, 6.45) is 2.92. The van der Waals surface area contributed by atoms with Gasteiger partial charge in [-0.15, -0.1) is 0 Å². The summed E-state index contributed by atoms with van der Waals surface area (Å²) in [4.78, 5) is 10.6. The van der Waals surface area contributed by atoms with Crippen molar-refractivity contribution in [2.24, 2.45) is 0 Å². The monoisotopic (exact) mass is 206 g/mol. The van der Waals surface area contributed by atoms with Gasteiger partial charge in [0.15, 0.2) is 6.10 Å². The molecule has 0 fully saturated rings. The third kappa shape index (κ3) is 3.13. The average molecular weight is 206 g/mol. The van der Waals surface area contributed by atoms with Crippen molar-refractivity contribution in [3.8, 4) is 5.75 Å². The molecule has 1 N–H and O–H groups in total. The van der Waals surface area contributed by atoms with Crippen molar-refractivity contribution in [2.75, 3.05) is 0 Å². The summed E-state index contributed by atoms with van der Waals surface area (Å²) < 4.78 is 5.31. The summed E-state index contributed by atoms with van der Waals surface area (Å²) in [7, 11) is 0. The van der Waals surface area contributed by atoms with E-state index in [1.807, 2.05) is 37.3 Å². The standard InChI is InChI=1S/C12H14O3/c1-3-6-10-7-4-5-8-11(10)15-9(2)12(13)14/h3-9H,1-2H3,(H,13,14)/b6-3+/t9-/m1/s1. The third-order valence-corrected chi connectivity index (χ3v) is 1.92. The highest BCUT2D eigenvalue weighted by Gasteiger charge is 2.13. The van der Waals surface area contributed by atoms with E-state index in [0.29, 0.717) is 5.75 Å². The first-order valence-corrected chi connectivity index (χ1v) is 4.76. The highest BCUT2D eigenvalue weighted by molar-refractivity contribution is 5.72. The molecule has 0 aliphatic heterocycles. The summed E-state index contributed by atoms with van der Waals surface area (Å²) >= 11 is 0. The summed E-state index contributed by atoms with van der Waals surface area (Å²) in [6.45, 7) is 3.41. The topological polar surface area (TPSA) is 46.5 Å². The number of para-hydroxylation sites is 1. The maximum atomic E-state index is 10.6. The van der Waals surface area contributed by atoms with Crippen LogP contribution in [0.1, 0.15) is 19.4 Å². The first-order valence-electron chi connectivity index (χ1n) is 4.76. The fourth-order valence-corrected chi connectivity index (χ4v) is 1.15. The van der Waals surface area contributed by atoms with Crippen molar-refractivity contribution < 1.29 is 14.6 Å². The molecule has 0 spiro atoms. The number of benzene rings is 1. The molecule has 1 atom stereocenters. The molecule has 80 valence electrons. The Bertz CT molecular complexity index is 369. The zero-order chi connectivity index (χ0) is 11.3. The van der Waals surface area contributed by atoms with Gasteiger partial charge < -0.3 is 9.84 Å². The fraction of sp³-hybridized carbons (Fsp3) is 0.250. The van der Waals surface area contributed by atoms with Crippen LogP contribution in [0.4, 0.5) is 0 Å². The first-order chi connectivity index (χ1) is 7.15. The molecule has 0 radical (unpaired) electrons. The predicted molar refractivity (Wildman–Crippen MR) is 58.9 cm³/mol. The van der Waals surface area contributed by atoms with Gasteiger partial charge in [0, 0.05) is 5.56 Å². The smallest absolute Gasteiger partial charge is 0.344 e. The molecule has 0 saturated heterocycles. The highest BCUT2D eigenvalue weighted by atomic mass is 16.5. The van der Waals surface area contributed by atoms with E-state index >= 15 is 0 Å². The lowest BCUT2D eigenvalue weighted by Crippen LogP contribution is -2.23. The minimum Gasteiger partial charge on any atom is -0.479 e. The number of carboxylic acids is 1. The van der Waals surface area contributed by atoms with Gasteiger partial charge in [0.05, 0.1) is 0 Å². The van der Waals surface area contributed by atoms with Crippen LogP contribution in [0, 0.1) is 0 Å². The third-order valence-electron chi connectivity index (χ3n) is 1.92. The quantitative estimate of drug-likeness (QED) is 0.823. The number of rotatable bonds is 4. The molecule has 0 bridgehead atoms. The molecule has 0 aliphatic rings. The number of allylic oxidation sites excluding steroid dienone is 1. The van der Waals surface area contributed by atoms with Crippen molar-refractivity contribution >= 4 is 12.0 Å². The van der Waals surface area contributed by atoms with Crippen LogP contribution >= 0.6 is 0 Å². The van der Waals surface area contributed by atoms with Crippen LogP contribution in [-0.4, -0.2) is 17.2 Å². The molecule has 1 aromatic rings. The molecule has 3 heteroatoms. The molecule has 0 saturated carbocycles. The van der Waals surface area contributed by atoms with E-state index in [4.69, 9.17) is 9.84 Å². The van der Waals surface area contributed by atoms with Gasteiger partial charge in [0.25, 0.3) is 0 Å². The summed E-state index contributed by atoms with van der Waals surface area (Å²) in [5.41, 5.74) is 0.883. The molecule has 0 unspecified atom stereocenters. The lowest BCUT2D eigenvalue weighted by Gasteiger charge is -2.12. The van der Waals surface area contributed by atoms with Gasteiger partial charge in [-0.2, -0.15) is 0 Å². The van der Waals surface area contributed by atoms with Crippen molar-refractivity contribution in [3.05, 3.63) is 35.9 Å². The molecule has 0 amide bonds. The number of ether oxygens (including phenoxy) is 1. The predicted octanol–water partition coefficient (Wildman–Crippen LogP) is 2.57. The summed E-state index contributed by atoms with van der Waals surface area (Å²) in [5.74, 6) is -0.379. The van der Waals surface area contributed by atoms with E-state index in [1.54, 1.807) is 6.07 Å². The Labute approximate surface area is 89.0 Å². The van der Waals surface area contributed by atoms with Crippen molar-refractivity contribution in [2.45, 2.75) is 20.0 Å². The molecular formula is C12H14O3. The van der Waals surface area contributed by atoms with E-state index in [0.717, 1.165) is 5.56 Å². The van der Waals surface area contributed by atoms with Crippen LogP contribution < -0.4 is 4.74 Å². The number of carboxylic acid groups (broad SMARTS) is 1. The molecular weight excluding hydrogens is 192 g/mol. The van der Waals surface area contributed by atoms with Crippen molar-refractivity contribution in [1.82, 2.24) is 0 Å². The van der Waals surface area contributed by atoms with Crippen LogP contribution in [0.15, 0.2) is 30.3 Å². The Balaban J connectivity index is 2.88. The van der Waals surface area contributed by atoms with E-state index in [1.165, 1.54) is 6.92 Å². The molecule has 0 aliphatic carbocycles. The molecule has 15 heavy (non-hydrogen) atoms. The van der Waals surface area contributed by atoms with Gasteiger partial charge in [-0.25, -0.2) is 4.79 Å². The van der Waals surface area contributed by atoms with Crippen molar-refractivity contribution in [3.63, 3.8) is 0 Å². The van der Waals surface area contributed by atoms with E-state index in [-0.39, 0.29) is 0 Å². The normalized spacial score (nSPS) is 12.7. The number of hydrogen-bond donors (Lipinski definition) is 1. The second kappa shape index (κ2) is 5.20. The molecule has 3 nitrogen and oxygen atoms in total. The van der Waals surface area contributed by atoms with Crippen LogP contribution in [-0.2, 0) is 4.79 Å². The largest absolute Gasteiger partial charge is 0.479 e. The SMILES string of the molecule is C/C=C/c1ccccc1O[C@H](C)C(=O)O. The van der Waals surface area contributed by atoms with Gasteiger partial charge in [-0.1, -0.05) is 30.4 Å². The van der Waals surface area contributed by atoms with Gasteiger partial charge >= 0.3 is 5.97 Å². The van der Waals surface area contributed by atoms with Crippen LogP contribution in [0.25, 0.3) is 6.08 Å². The van der Waals surface area contributed by atoms with E-state index in [9.17, 15) is 4.79 Å². The second-order valence-electron chi connectivity index (χ2n) is 3.14.